The summed E-state index contributed by atoms with van der Waals surface area (Å²) in [5.41, 5.74) is 5.48. The Kier molecular flexibility index (Phi) is 3.66. The van der Waals surface area contributed by atoms with Gasteiger partial charge in [-0.25, -0.2) is 4.98 Å². The quantitative estimate of drug-likeness (QED) is 0.792. The summed E-state index contributed by atoms with van der Waals surface area (Å²) in [7, 11) is 0. The van der Waals surface area contributed by atoms with Crippen LogP contribution in [0.1, 0.15) is 13.3 Å². The highest BCUT2D eigenvalue weighted by Gasteiger charge is 2.30. The molecule has 2 heterocycles. The van der Waals surface area contributed by atoms with Crippen molar-refractivity contribution in [2.45, 2.75) is 19.1 Å². The van der Waals surface area contributed by atoms with Crippen LogP contribution in [-0.2, 0) is 9.47 Å². The number of anilines is 2. The lowest BCUT2D eigenvalue weighted by Crippen LogP contribution is -2.28. The van der Waals surface area contributed by atoms with Crippen molar-refractivity contribution in [2.75, 3.05) is 30.8 Å². The fourth-order valence-corrected chi connectivity index (χ4v) is 1.83. The maximum atomic E-state index is 5.76. The highest BCUT2D eigenvalue weighted by Crippen LogP contribution is 2.22. The van der Waals surface area contributed by atoms with Gasteiger partial charge in [-0.05, 0) is 6.92 Å². The number of hydrogen-bond acceptors (Lipinski definition) is 6. The molecule has 0 saturated carbocycles. The van der Waals surface area contributed by atoms with Gasteiger partial charge in [0.25, 0.3) is 0 Å². The van der Waals surface area contributed by atoms with Crippen LogP contribution in [0.4, 0.5) is 11.8 Å². The van der Waals surface area contributed by atoms with Crippen LogP contribution < -0.4 is 11.1 Å². The van der Waals surface area contributed by atoms with Gasteiger partial charge in [-0.15, -0.1) is 0 Å². The molecule has 0 aromatic carbocycles. The van der Waals surface area contributed by atoms with Crippen molar-refractivity contribution < 1.29 is 9.47 Å². The molecule has 1 fully saturated rings. The topological polar surface area (TPSA) is 82.3 Å². The van der Waals surface area contributed by atoms with Crippen LogP contribution in [0.15, 0.2) is 6.07 Å². The number of aromatic nitrogens is 2. The summed E-state index contributed by atoms with van der Waals surface area (Å²) in [6.07, 6.45) is 0.717. The highest BCUT2D eigenvalue weighted by molar-refractivity contribution is 6.29. The molecule has 0 unspecified atom stereocenters. The van der Waals surface area contributed by atoms with Gasteiger partial charge in [0.2, 0.25) is 5.95 Å². The Bertz CT molecular complexity index is 376. The molecular weight excluding hydrogens is 244 g/mol. The smallest absolute Gasteiger partial charge is 0.223 e. The third kappa shape index (κ3) is 3.42. The van der Waals surface area contributed by atoms with Crippen molar-refractivity contribution in [2.24, 2.45) is 0 Å². The predicted octanol–water partition coefficient (Wildman–Crippen LogP) is 1.28. The summed E-state index contributed by atoms with van der Waals surface area (Å²) in [6.45, 7) is 3.86. The lowest BCUT2D eigenvalue weighted by atomic mass is 10.2. The largest absolute Gasteiger partial charge is 0.370 e. The van der Waals surface area contributed by atoms with Gasteiger partial charge in [-0.1, -0.05) is 11.6 Å². The lowest BCUT2D eigenvalue weighted by molar-refractivity contribution is -0.144. The molecule has 0 aliphatic carbocycles. The van der Waals surface area contributed by atoms with E-state index in [9.17, 15) is 0 Å². The van der Waals surface area contributed by atoms with Gasteiger partial charge in [-0.3, -0.25) is 0 Å². The number of hydrogen-bond donors (Lipinski definition) is 2. The zero-order valence-corrected chi connectivity index (χ0v) is 10.3. The van der Waals surface area contributed by atoms with Gasteiger partial charge in [0.1, 0.15) is 11.0 Å². The summed E-state index contributed by atoms with van der Waals surface area (Å²) in [5, 5.41) is 3.42. The molecule has 0 bridgehead atoms. The van der Waals surface area contributed by atoms with Gasteiger partial charge < -0.3 is 20.5 Å². The Balaban J connectivity index is 1.85. The van der Waals surface area contributed by atoms with Crippen LogP contribution in [0.5, 0.6) is 0 Å². The van der Waals surface area contributed by atoms with E-state index >= 15 is 0 Å². The van der Waals surface area contributed by atoms with Gasteiger partial charge in [0.05, 0.1) is 13.2 Å². The molecule has 94 valence electrons. The third-order valence-electron chi connectivity index (χ3n) is 2.50. The van der Waals surface area contributed by atoms with Crippen LogP contribution in [0.25, 0.3) is 0 Å². The molecule has 1 aromatic rings. The molecule has 1 aliphatic rings. The molecule has 6 nitrogen and oxygen atoms in total. The Morgan fingerprint density at radius 2 is 2.18 bits per heavy atom. The van der Waals surface area contributed by atoms with Gasteiger partial charge in [0.15, 0.2) is 5.79 Å². The van der Waals surface area contributed by atoms with E-state index in [2.05, 4.69) is 15.3 Å². The Morgan fingerprint density at radius 1 is 1.47 bits per heavy atom. The van der Waals surface area contributed by atoms with E-state index in [0.717, 1.165) is 0 Å². The maximum Gasteiger partial charge on any atom is 0.223 e. The van der Waals surface area contributed by atoms with Gasteiger partial charge in [0, 0.05) is 19.0 Å². The fraction of sp³-hybridized carbons (Fsp3) is 0.600. The minimum atomic E-state index is -0.505. The van der Waals surface area contributed by atoms with E-state index in [4.69, 9.17) is 26.8 Å². The normalized spacial score (nSPS) is 18.2. The van der Waals surface area contributed by atoms with E-state index in [1.54, 1.807) is 6.07 Å². The summed E-state index contributed by atoms with van der Waals surface area (Å²) >= 11 is 5.76. The lowest BCUT2D eigenvalue weighted by Gasteiger charge is -2.22. The molecule has 1 aliphatic heterocycles. The first-order valence-electron chi connectivity index (χ1n) is 5.39. The summed E-state index contributed by atoms with van der Waals surface area (Å²) < 4.78 is 11.0. The zero-order chi connectivity index (χ0) is 12.3. The molecule has 0 radical (unpaired) electrons. The van der Waals surface area contributed by atoms with Crippen molar-refractivity contribution in [1.29, 1.82) is 0 Å². The minimum absolute atomic E-state index is 0.152. The Labute approximate surface area is 104 Å². The predicted molar refractivity (Wildman–Crippen MR) is 64.9 cm³/mol. The number of nitrogens with zero attached hydrogens (tertiary/aromatic N) is 2. The van der Waals surface area contributed by atoms with E-state index in [-0.39, 0.29) is 5.95 Å². The number of rotatable bonds is 4. The van der Waals surface area contributed by atoms with Crippen LogP contribution in [0, 0.1) is 0 Å². The first-order chi connectivity index (χ1) is 8.07. The van der Waals surface area contributed by atoms with Crippen LogP contribution in [0.2, 0.25) is 5.15 Å². The summed E-state index contributed by atoms with van der Waals surface area (Å²) in [4.78, 5) is 7.79. The maximum absolute atomic E-state index is 5.76. The molecular formula is C10H15ClN4O2. The third-order valence-corrected chi connectivity index (χ3v) is 2.69. The highest BCUT2D eigenvalue weighted by atomic mass is 35.5. The summed E-state index contributed by atoms with van der Waals surface area (Å²) in [5.74, 6) is 0.249. The monoisotopic (exact) mass is 258 g/mol. The second-order valence-electron chi connectivity index (χ2n) is 3.94. The molecule has 17 heavy (non-hydrogen) atoms. The molecule has 0 amide bonds. The number of halogens is 1. The Morgan fingerprint density at radius 3 is 2.82 bits per heavy atom. The second-order valence-corrected chi connectivity index (χ2v) is 4.33. The van der Waals surface area contributed by atoms with E-state index < -0.39 is 5.79 Å². The molecule has 1 saturated heterocycles. The molecule has 0 atom stereocenters. The molecule has 2 rings (SSSR count). The second kappa shape index (κ2) is 5.03. The van der Waals surface area contributed by atoms with Crippen molar-refractivity contribution in [3.05, 3.63) is 11.2 Å². The fourth-order valence-electron chi connectivity index (χ4n) is 1.64. The minimum Gasteiger partial charge on any atom is -0.370 e. The van der Waals surface area contributed by atoms with E-state index in [0.29, 0.717) is 37.2 Å². The molecule has 7 heteroatoms. The van der Waals surface area contributed by atoms with E-state index in [1.807, 2.05) is 6.92 Å². The number of nitrogen functional groups attached to an aromatic ring is 1. The first kappa shape index (κ1) is 12.3. The van der Waals surface area contributed by atoms with Gasteiger partial charge >= 0.3 is 0 Å². The zero-order valence-electron chi connectivity index (χ0n) is 9.57. The standard InChI is InChI=1S/C10H15ClN4O2/c1-10(16-4-5-17-10)2-3-13-8-6-7(11)14-9(12)15-8/h6H,2-5H2,1H3,(H3,12,13,14,15). The van der Waals surface area contributed by atoms with Crippen molar-refractivity contribution in [3.8, 4) is 0 Å². The van der Waals surface area contributed by atoms with Crippen molar-refractivity contribution >= 4 is 23.4 Å². The summed E-state index contributed by atoms with van der Waals surface area (Å²) in [6, 6.07) is 1.62. The number of nitrogens with one attached hydrogen (secondary N) is 1. The molecule has 0 spiro atoms. The SMILES string of the molecule is CC1(CCNc2cc(Cl)nc(N)n2)OCCO1. The van der Waals surface area contributed by atoms with Crippen LogP contribution in [0.3, 0.4) is 0 Å². The molecule has 1 aromatic heterocycles. The number of ether oxygens (including phenoxy) is 2. The van der Waals surface area contributed by atoms with Crippen LogP contribution >= 0.6 is 11.6 Å². The van der Waals surface area contributed by atoms with Crippen molar-refractivity contribution in [3.63, 3.8) is 0 Å². The number of nitrogens with two attached hydrogens (primary N) is 1. The van der Waals surface area contributed by atoms with Crippen LogP contribution in [-0.4, -0.2) is 35.5 Å². The average molecular weight is 259 g/mol. The van der Waals surface area contributed by atoms with Gasteiger partial charge in [-0.2, -0.15) is 4.98 Å². The first-order valence-corrected chi connectivity index (χ1v) is 5.77. The van der Waals surface area contributed by atoms with Crippen molar-refractivity contribution in [1.82, 2.24) is 9.97 Å². The molecule has 3 N–H and O–H groups in total. The van der Waals surface area contributed by atoms with E-state index in [1.165, 1.54) is 0 Å². The average Bonchev–Trinajstić information content (AvgIpc) is 2.64. The Hall–Kier alpha value is -1.11.